The predicted molar refractivity (Wildman–Crippen MR) is 112 cm³/mol. The topological polar surface area (TPSA) is 63.2 Å². The van der Waals surface area contributed by atoms with E-state index in [9.17, 15) is 9.18 Å². The number of hydrogen-bond acceptors (Lipinski definition) is 4. The van der Waals surface area contributed by atoms with Crippen LogP contribution in [0.25, 0.3) is 0 Å². The molecular formula is C23H24FN3O2. The molecule has 0 spiro atoms. The molecule has 0 saturated carbocycles. The van der Waals surface area contributed by atoms with Crippen molar-refractivity contribution in [2.45, 2.75) is 12.8 Å². The van der Waals surface area contributed by atoms with Gasteiger partial charge in [0.1, 0.15) is 17.4 Å². The molecule has 0 aliphatic heterocycles. The first-order chi connectivity index (χ1) is 14.1. The number of carbonyl (C=O) groups excluding carboxylic acids is 1. The summed E-state index contributed by atoms with van der Waals surface area (Å²) in [6, 6.07) is 17.6. The third kappa shape index (κ3) is 6.31. The molecule has 5 nitrogen and oxygen atoms in total. The fourth-order valence-corrected chi connectivity index (χ4v) is 2.90. The van der Waals surface area contributed by atoms with Crippen LogP contribution in [0.3, 0.4) is 0 Å². The van der Waals surface area contributed by atoms with Crippen LogP contribution in [0, 0.1) is 5.82 Å². The number of amides is 1. The lowest BCUT2D eigenvalue weighted by atomic mass is 10.1. The van der Waals surface area contributed by atoms with Crippen molar-refractivity contribution in [2.24, 2.45) is 0 Å². The molecule has 3 rings (SSSR count). The van der Waals surface area contributed by atoms with Gasteiger partial charge in [-0.3, -0.25) is 4.79 Å². The zero-order chi connectivity index (χ0) is 20.5. The van der Waals surface area contributed by atoms with E-state index in [-0.39, 0.29) is 11.7 Å². The predicted octanol–water partition coefficient (Wildman–Crippen LogP) is 3.86. The largest absolute Gasteiger partial charge is 0.497 e. The first-order valence-electron chi connectivity index (χ1n) is 9.49. The Labute approximate surface area is 169 Å². The Morgan fingerprint density at radius 3 is 2.59 bits per heavy atom. The second kappa shape index (κ2) is 10.2. The van der Waals surface area contributed by atoms with Gasteiger partial charge in [-0.25, -0.2) is 9.37 Å². The van der Waals surface area contributed by atoms with Crippen molar-refractivity contribution in [1.29, 1.82) is 0 Å². The van der Waals surface area contributed by atoms with Crippen LogP contribution in [0.2, 0.25) is 0 Å². The monoisotopic (exact) mass is 393 g/mol. The van der Waals surface area contributed by atoms with E-state index >= 15 is 0 Å². The number of aromatic nitrogens is 1. The first kappa shape index (κ1) is 20.3. The van der Waals surface area contributed by atoms with E-state index in [0.29, 0.717) is 30.9 Å². The van der Waals surface area contributed by atoms with Crippen LogP contribution in [-0.4, -0.2) is 31.1 Å². The molecule has 1 aromatic heterocycles. The quantitative estimate of drug-likeness (QED) is 0.580. The summed E-state index contributed by atoms with van der Waals surface area (Å²) in [5, 5.41) is 6.13. The van der Waals surface area contributed by atoms with Gasteiger partial charge in [0.2, 0.25) is 0 Å². The summed E-state index contributed by atoms with van der Waals surface area (Å²) >= 11 is 0. The number of ether oxygens (including phenoxy) is 1. The van der Waals surface area contributed by atoms with Gasteiger partial charge >= 0.3 is 0 Å². The summed E-state index contributed by atoms with van der Waals surface area (Å²) in [7, 11) is 1.65. The number of rotatable bonds is 9. The average molecular weight is 393 g/mol. The van der Waals surface area contributed by atoms with Crippen LogP contribution in [0.1, 0.15) is 21.5 Å². The standard InChI is InChI=1S/C23H24FN3O2/c1-29-21-4-2-3-18(15-21)10-12-25-22-16-19(11-14-26-22)23(28)27-13-9-17-5-7-20(24)8-6-17/h2-8,11,14-16H,9-10,12-13H2,1H3,(H,25,26)(H,27,28). The molecule has 0 aliphatic carbocycles. The van der Waals surface area contributed by atoms with Gasteiger partial charge in [0.25, 0.3) is 5.91 Å². The van der Waals surface area contributed by atoms with Crippen LogP contribution in [0.15, 0.2) is 66.9 Å². The molecule has 0 unspecified atom stereocenters. The summed E-state index contributed by atoms with van der Waals surface area (Å²) in [6.07, 6.45) is 3.07. The summed E-state index contributed by atoms with van der Waals surface area (Å²) in [5.74, 6) is 1.06. The third-order valence-corrected chi connectivity index (χ3v) is 4.49. The Balaban J connectivity index is 1.47. The minimum Gasteiger partial charge on any atom is -0.497 e. The zero-order valence-electron chi connectivity index (χ0n) is 16.3. The Kier molecular flexibility index (Phi) is 7.16. The number of halogens is 1. The van der Waals surface area contributed by atoms with Crippen molar-refractivity contribution in [3.63, 3.8) is 0 Å². The van der Waals surface area contributed by atoms with Crippen molar-refractivity contribution in [1.82, 2.24) is 10.3 Å². The number of methoxy groups -OCH3 is 1. The number of benzene rings is 2. The van der Waals surface area contributed by atoms with Gasteiger partial charge in [0.05, 0.1) is 7.11 Å². The van der Waals surface area contributed by atoms with Crippen LogP contribution >= 0.6 is 0 Å². The van der Waals surface area contributed by atoms with E-state index in [1.807, 2.05) is 24.3 Å². The first-order valence-corrected chi connectivity index (χ1v) is 9.49. The Morgan fingerprint density at radius 1 is 1.00 bits per heavy atom. The van der Waals surface area contributed by atoms with Crippen LogP contribution in [-0.2, 0) is 12.8 Å². The molecule has 1 amide bonds. The van der Waals surface area contributed by atoms with E-state index in [1.54, 1.807) is 37.6 Å². The highest BCUT2D eigenvalue weighted by molar-refractivity contribution is 5.94. The summed E-state index contributed by atoms with van der Waals surface area (Å²) in [4.78, 5) is 16.6. The number of anilines is 1. The molecule has 3 aromatic rings. The molecule has 0 bridgehead atoms. The van der Waals surface area contributed by atoms with Crippen LogP contribution < -0.4 is 15.4 Å². The molecule has 150 valence electrons. The maximum Gasteiger partial charge on any atom is 0.251 e. The van der Waals surface area contributed by atoms with Gasteiger partial charge in [-0.15, -0.1) is 0 Å². The second-order valence-corrected chi connectivity index (χ2v) is 6.59. The molecule has 2 aromatic carbocycles. The van der Waals surface area contributed by atoms with Gasteiger partial charge in [-0.05, 0) is 60.4 Å². The summed E-state index contributed by atoms with van der Waals surface area (Å²) < 4.78 is 18.2. The summed E-state index contributed by atoms with van der Waals surface area (Å²) in [6.45, 7) is 1.17. The van der Waals surface area contributed by atoms with Crippen molar-refractivity contribution in [2.75, 3.05) is 25.5 Å². The molecule has 2 N–H and O–H groups in total. The second-order valence-electron chi connectivity index (χ2n) is 6.59. The highest BCUT2D eigenvalue weighted by Crippen LogP contribution is 2.13. The van der Waals surface area contributed by atoms with Crippen molar-refractivity contribution in [3.8, 4) is 5.75 Å². The number of pyridine rings is 1. The number of nitrogens with zero attached hydrogens (tertiary/aromatic N) is 1. The maximum atomic E-state index is 12.9. The molecule has 29 heavy (non-hydrogen) atoms. The van der Waals surface area contributed by atoms with E-state index in [2.05, 4.69) is 15.6 Å². The number of hydrogen-bond donors (Lipinski definition) is 2. The van der Waals surface area contributed by atoms with Gasteiger partial charge in [0.15, 0.2) is 0 Å². The van der Waals surface area contributed by atoms with Gasteiger partial charge in [-0.2, -0.15) is 0 Å². The van der Waals surface area contributed by atoms with Crippen molar-refractivity contribution >= 4 is 11.7 Å². The maximum absolute atomic E-state index is 12.9. The lowest BCUT2D eigenvalue weighted by molar-refractivity contribution is 0.0954. The Bertz CT molecular complexity index is 945. The van der Waals surface area contributed by atoms with E-state index in [0.717, 1.165) is 23.3 Å². The van der Waals surface area contributed by atoms with Crippen LogP contribution in [0.5, 0.6) is 5.75 Å². The lowest BCUT2D eigenvalue weighted by Crippen LogP contribution is -2.25. The fourth-order valence-electron chi connectivity index (χ4n) is 2.90. The van der Waals surface area contributed by atoms with Crippen molar-refractivity contribution in [3.05, 3.63) is 89.4 Å². The Morgan fingerprint density at radius 2 is 1.79 bits per heavy atom. The minimum absolute atomic E-state index is 0.162. The SMILES string of the molecule is COc1cccc(CCNc2cc(C(=O)NCCc3ccc(F)cc3)ccn2)c1. The van der Waals surface area contributed by atoms with Crippen molar-refractivity contribution < 1.29 is 13.9 Å². The van der Waals surface area contributed by atoms with Gasteiger partial charge in [0, 0.05) is 24.8 Å². The lowest BCUT2D eigenvalue weighted by Gasteiger charge is -2.09. The summed E-state index contributed by atoms with van der Waals surface area (Å²) in [5.41, 5.74) is 2.68. The molecule has 0 aliphatic rings. The van der Waals surface area contributed by atoms with E-state index < -0.39 is 0 Å². The minimum atomic E-state index is -0.263. The number of nitrogens with one attached hydrogen (secondary N) is 2. The Hall–Kier alpha value is -3.41. The highest BCUT2D eigenvalue weighted by Gasteiger charge is 2.07. The smallest absolute Gasteiger partial charge is 0.251 e. The molecule has 0 atom stereocenters. The van der Waals surface area contributed by atoms with Gasteiger partial charge < -0.3 is 15.4 Å². The fraction of sp³-hybridized carbons (Fsp3) is 0.217. The average Bonchev–Trinajstić information content (AvgIpc) is 2.75. The zero-order valence-corrected chi connectivity index (χ0v) is 16.3. The number of carbonyl (C=O) groups is 1. The molecule has 0 radical (unpaired) electrons. The molecule has 0 saturated heterocycles. The molecular weight excluding hydrogens is 369 g/mol. The highest BCUT2D eigenvalue weighted by atomic mass is 19.1. The molecule has 1 heterocycles. The molecule has 6 heteroatoms. The van der Waals surface area contributed by atoms with E-state index in [1.165, 1.54) is 12.1 Å². The third-order valence-electron chi connectivity index (χ3n) is 4.49. The molecule has 0 fully saturated rings. The normalized spacial score (nSPS) is 10.4. The van der Waals surface area contributed by atoms with Gasteiger partial charge in [-0.1, -0.05) is 24.3 Å². The van der Waals surface area contributed by atoms with Crippen LogP contribution in [0.4, 0.5) is 10.2 Å². The van der Waals surface area contributed by atoms with E-state index in [4.69, 9.17) is 4.74 Å².